The van der Waals surface area contributed by atoms with Gasteiger partial charge in [0.1, 0.15) is 0 Å². The zero-order valence-electron chi connectivity index (χ0n) is 8.54. The van der Waals surface area contributed by atoms with Crippen molar-refractivity contribution >= 4 is 6.03 Å². The third kappa shape index (κ3) is 1.85. The lowest BCUT2D eigenvalue weighted by atomic mass is 9.90. The van der Waals surface area contributed by atoms with Crippen LogP contribution in [0.3, 0.4) is 0 Å². The second-order valence-corrected chi connectivity index (χ2v) is 4.35. The van der Waals surface area contributed by atoms with Gasteiger partial charge in [0, 0.05) is 12.6 Å². The number of piperidine rings is 1. The van der Waals surface area contributed by atoms with Crippen molar-refractivity contribution in [3.63, 3.8) is 0 Å². The van der Waals surface area contributed by atoms with Crippen LogP contribution >= 0.6 is 0 Å². The highest BCUT2D eigenvalue weighted by molar-refractivity contribution is 5.72. The van der Waals surface area contributed by atoms with Crippen LogP contribution in [-0.4, -0.2) is 36.6 Å². The molecule has 3 N–H and O–H groups in total. The quantitative estimate of drug-likeness (QED) is 0.644. The van der Waals surface area contributed by atoms with Crippen molar-refractivity contribution in [3.8, 4) is 0 Å². The highest BCUT2D eigenvalue weighted by Crippen LogP contribution is 2.27. The van der Waals surface area contributed by atoms with Crippen LogP contribution in [0, 0.1) is 5.92 Å². The number of nitrogens with two attached hydrogens (primary N) is 1. The first-order valence-electron chi connectivity index (χ1n) is 5.56. The van der Waals surface area contributed by atoms with Gasteiger partial charge in [-0.3, -0.25) is 0 Å². The Labute approximate surface area is 84.8 Å². The first-order chi connectivity index (χ1) is 6.79. The minimum absolute atomic E-state index is 0.238. The van der Waals surface area contributed by atoms with Crippen molar-refractivity contribution < 1.29 is 4.79 Å². The van der Waals surface area contributed by atoms with Gasteiger partial charge in [-0.1, -0.05) is 0 Å². The van der Waals surface area contributed by atoms with Gasteiger partial charge in [-0.05, 0) is 44.7 Å². The largest absolute Gasteiger partial charge is 0.351 e. The van der Waals surface area contributed by atoms with E-state index in [9.17, 15) is 4.79 Å². The summed E-state index contributed by atoms with van der Waals surface area (Å²) in [7, 11) is 0. The topological polar surface area (TPSA) is 58.4 Å². The van der Waals surface area contributed by atoms with Crippen LogP contribution in [0.15, 0.2) is 0 Å². The molecule has 2 amide bonds. The minimum Gasteiger partial charge on any atom is -0.351 e. The molecule has 4 nitrogen and oxygen atoms in total. The number of rotatable bonds is 1. The molecule has 2 aliphatic rings. The van der Waals surface area contributed by atoms with Gasteiger partial charge in [-0.25, -0.2) is 4.79 Å². The number of nitrogens with zero attached hydrogens (tertiary/aromatic N) is 1. The predicted molar refractivity (Wildman–Crippen MR) is 54.9 cm³/mol. The third-order valence-corrected chi connectivity index (χ3v) is 3.46. The summed E-state index contributed by atoms with van der Waals surface area (Å²) in [6.45, 7) is 3.03. The van der Waals surface area contributed by atoms with Gasteiger partial charge in [0.05, 0.1) is 0 Å². The molecule has 0 bridgehead atoms. The fourth-order valence-corrected chi connectivity index (χ4v) is 2.76. The van der Waals surface area contributed by atoms with E-state index in [4.69, 9.17) is 5.73 Å². The maximum atomic E-state index is 11.2. The Bertz CT molecular complexity index is 213. The average Bonchev–Trinajstić information content (AvgIpc) is 2.67. The SMILES string of the molecule is NC(=O)N1CCCC1[C@H]1CCCNC1. The number of nitrogens with one attached hydrogen (secondary N) is 1. The van der Waals surface area contributed by atoms with Crippen LogP contribution in [0.2, 0.25) is 0 Å². The van der Waals surface area contributed by atoms with Gasteiger partial charge in [-0.2, -0.15) is 0 Å². The molecule has 2 heterocycles. The first kappa shape index (κ1) is 9.77. The van der Waals surface area contributed by atoms with Crippen molar-refractivity contribution in [2.24, 2.45) is 11.7 Å². The second kappa shape index (κ2) is 4.17. The van der Waals surface area contributed by atoms with Crippen LogP contribution in [0.25, 0.3) is 0 Å². The van der Waals surface area contributed by atoms with Crippen molar-refractivity contribution in [2.45, 2.75) is 31.7 Å². The number of carbonyl (C=O) groups excluding carboxylic acids is 1. The highest BCUT2D eigenvalue weighted by Gasteiger charge is 2.33. The molecule has 2 saturated heterocycles. The van der Waals surface area contributed by atoms with Crippen molar-refractivity contribution in [1.82, 2.24) is 10.2 Å². The molecule has 0 radical (unpaired) electrons. The second-order valence-electron chi connectivity index (χ2n) is 4.35. The van der Waals surface area contributed by atoms with Gasteiger partial charge in [0.2, 0.25) is 0 Å². The molecule has 0 spiro atoms. The van der Waals surface area contributed by atoms with Gasteiger partial charge in [0.25, 0.3) is 0 Å². The highest BCUT2D eigenvalue weighted by atomic mass is 16.2. The molecule has 0 aliphatic carbocycles. The summed E-state index contributed by atoms with van der Waals surface area (Å²) in [6.07, 6.45) is 4.72. The zero-order valence-corrected chi connectivity index (χ0v) is 8.54. The average molecular weight is 197 g/mol. The van der Waals surface area contributed by atoms with Gasteiger partial charge in [-0.15, -0.1) is 0 Å². The van der Waals surface area contributed by atoms with Crippen LogP contribution in [0.4, 0.5) is 4.79 Å². The summed E-state index contributed by atoms with van der Waals surface area (Å²) in [5.74, 6) is 0.624. The molecule has 2 rings (SSSR count). The number of carbonyl (C=O) groups is 1. The van der Waals surface area contributed by atoms with E-state index in [1.165, 1.54) is 12.8 Å². The Morgan fingerprint density at radius 2 is 2.21 bits per heavy atom. The number of amides is 2. The van der Waals surface area contributed by atoms with E-state index in [2.05, 4.69) is 5.32 Å². The lowest BCUT2D eigenvalue weighted by Gasteiger charge is -2.33. The van der Waals surface area contributed by atoms with E-state index in [1.807, 2.05) is 4.90 Å². The minimum atomic E-state index is -0.238. The van der Waals surface area contributed by atoms with Crippen molar-refractivity contribution in [1.29, 1.82) is 0 Å². The molecule has 14 heavy (non-hydrogen) atoms. The maximum absolute atomic E-state index is 11.2. The maximum Gasteiger partial charge on any atom is 0.315 e. The molecule has 0 aromatic heterocycles. The number of primary amides is 1. The van der Waals surface area contributed by atoms with Gasteiger partial charge >= 0.3 is 6.03 Å². The fraction of sp³-hybridized carbons (Fsp3) is 0.900. The lowest BCUT2D eigenvalue weighted by Crippen LogP contribution is -2.47. The standard InChI is InChI=1S/C10H19N3O/c11-10(14)13-6-2-4-9(13)8-3-1-5-12-7-8/h8-9,12H,1-7H2,(H2,11,14)/t8-,9?/m0/s1. The molecule has 2 aliphatic heterocycles. The van der Waals surface area contributed by atoms with E-state index in [1.54, 1.807) is 0 Å². The summed E-state index contributed by atoms with van der Waals surface area (Å²) in [6, 6.07) is 0.165. The van der Waals surface area contributed by atoms with Crippen molar-refractivity contribution in [2.75, 3.05) is 19.6 Å². The number of hydrogen-bond acceptors (Lipinski definition) is 2. The van der Waals surface area contributed by atoms with E-state index in [-0.39, 0.29) is 6.03 Å². The number of hydrogen-bond donors (Lipinski definition) is 2. The smallest absolute Gasteiger partial charge is 0.315 e. The van der Waals surface area contributed by atoms with Crippen molar-refractivity contribution in [3.05, 3.63) is 0 Å². The van der Waals surface area contributed by atoms with Crippen LogP contribution in [0.5, 0.6) is 0 Å². The molecule has 4 heteroatoms. The van der Waals surface area contributed by atoms with E-state index in [0.29, 0.717) is 12.0 Å². The molecular formula is C10H19N3O. The van der Waals surface area contributed by atoms with Gasteiger partial charge < -0.3 is 16.0 Å². The lowest BCUT2D eigenvalue weighted by molar-refractivity contribution is 0.169. The number of urea groups is 1. The Morgan fingerprint density at radius 3 is 2.86 bits per heavy atom. The molecule has 2 fully saturated rings. The molecule has 0 aromatic rings. The molecule has 2 atom stereocenters. The Balaban J connectivity index is 1.97. The Hall–Kier alpha value is -0.770. The monoisotopic (exact) mass is 197 g/mol. The van der Waals surface area contributed by atoms with Crippen LogP contribution in [-0.2, 0) is 0 Å². The molecule has 80 valence electrons. The van der Waals surface area contributed by atoms with E-state index >= 15 is 0 Å². The van der Waals surface area contributed by atoms with Crippen LogP contribution < -0.4 is 11.1 Å². The van der Waals surface area contributed by atoms with E-state index < -0.39 is 0 Å². The number of likely N-dealkylation sites (tertiary alicyclic amines) is 1. The Morgan fingerprint density at radius 1 is 1.36 bits per heavy atom. The summed E-state index contributed by atoms with van der Waals surface area (Å²) in [4.78, 5) is 13.0. The van der Waals surface area contributed by atoms with Crippen LogP contribution in [0.1, 0.15) is 25.7 Å². The molecule has 0 aromatic carbocycles. The normalized spacial score (nSPS) is 33.3. The summed E-state index contributed by atoms with van der Waals surface area (Å²) >= 11 is 0. The molecular weight excluding hydrogens is 178 g/mol. The summed E-state index contributed by atoms with van der Waals surface area (Å²) in [5, 5.41) is 3.39. The first-order valence-corrected chi connectivity index (χ1v) is 5.56. The Kier molecular flexibility index (Phi) is 2.91. The third-order valence-electron chi connectivity index (χ3n) is 3.46. The predicted octanol–water partition coefficient (Wildman–Crippen LogP) is 0.529. The molecule has 1 unspecified atom stereocenters. The summed E-state index contributed by atoms with van der Waals surface area (Å²) in [5.41, 5.74) is 5.36. The fourth-order valence-electron chi connectivity index (χ4n) is 2.76. The van der Waals surface area contributed by atoms with E-state index in [0.717, 1.165) is 32.5 Å². The zero-order chi connectivity index (χ0) is 9.97. The summed E-state index contributed by atoms with van der Waals surface area (Å²) < 4.78 is 0. The van der Waals surface area contributed by atoms with Gasteiger partial charge in [0.15, 0.2) is 0 Å². The molecule has 0 saturated carbocycles.